The maximum Gasteiger partial charge on any atom is 0.308 e. The number of hydrogen-bond acceptors (Lipinski definition) is 2. The summed E-state index contributed by atoms with van der Waals surface area (Å²) >= 11 is 0. The molecule has 2 unspecified atom stereocenters. The summed E-state index contributed by atoms with van der Waals surface area (Å²) in [6.07, 6.45) is 3.95. The van der Waals surface area contributed by atoms with Gasteiger partial charge in [-0.2, -0.15) is 0 Å². The monoisotopic (exact) mass is 220 g/mol. The third-order valence-electron chi connectivity index (χ3n) is 3.83. The molecular formula is C12H16N2O2. The van der Waals surface area contributed by atoms with Gasteiger partial charge in [-0.25, -0.2) is 4.98 Å². The molecule has 0 bridgehead atoms. The maximum absolute atomic E-state index is 11.0. The van der Waals surface area contributed by atoms with E-state index < -0.39 is 5.97 Å². The van der Waals surface area contributed by atoms with E-state index >= 15 is 0 Å². The molecule has 1 aromatic heterocycles. The molecule has 0 aromatic carbocycles. The van der Waals surface area contributed by atoms with Crippen LogP contribution in [-0.4, -0.2) is 20.6 Å². The first kappa shape index (κ1) is 9.87. The first-order valence-corrected chi connectivity index (χ1v) is 5.95. The normalized spacial score (nSPS) is 27.6. The lowest BCUT2D eigenvalue weighted by Gasteiger charge is -2.19. The van der Waals surface area contributed by atoms with Crippen LogP contribution in [0.1, 0.15) is 30.6 Å². The van der Waals surface area contributed by atoms with Gasteiger partial charge >= 0.3 is 5.97 Å². The summed E-state index contributed by atoms with van der Waals surface area (Å²) in [7, 11) is 0. The Balaban J connectivity index is 1.94. The van der Waals surface area contributed by atoms with Crippen LogP contribution in [0.3, 0.4) is 0 Å². The number of nitrogens with zero attached hydrogens (tertiary/aromatic N) is 2. The lowest BCUT2D eigenvalue weighted by molar-refractivity contribution is -0.141. The molecule has 1 aromatic rings. The first-order chi connectivity index (χ1) is 7.65. The fourth-order valence-corrected chi connectivity index (χ4v) is 2.88. The summed E-state index contributed by atoms with van der Waals surface area (Å²) in [5.74, 6) is 0.747. The number of fused-ring (bicyclic) bond motifs is 3. The van der Waals surface area contributed by atoms with Crippen LogP contribution in [0.5, 0.6) is 0 Å². The summed E-state index contributed by atoms with van der Waals surface area (Å²) in [6, 6.07) is 0. The summed E-state index contributed by atoms with van der Waals surface area (Å²) in [6.45, 7) is 2.88. The third-order valence-corrected chi connectivity index (χ3v) is 3.83. The molecule has 2 aliphatic rings. The molecule has 2 atom stereocenters. The zero-order valence-corrected chi connectivity index (χ0v) is 9.44. The van der Waals surface area contributed by atoms with E-state index in [-0.39, 0.29) is 5.92 Å². The van der Waals surface area contributed by atoms with Gasteiger partial charge in [0.1, 0.15) is 5.82 Å². The van der Waals surface area contributed by atoms with E-state index in [2.05, 4.69) is 16.5 Å². The largest absolute Gasteiger partial charge is 0.481 e. The Morgan fingerprint density at radius 1 is 1.50 bits per heavy atom. The highest BCUT2D eigenvalue weighted by Crippen LogP contribution is 2.31. The second kappa shape index (κ2) is 3.34. The highest BCUT2D eigenvalue weighted by molar-refractivity contribution is 5.70. The molecule has 1 aliphatic heterocycles. The second-order valence-electron chi connectivity index (χ2n) is 5.12. The number of carboxylic acid groups (broad SMARTS) is 1. The molecule has 3 rings (SSSR count). The van der Waals surface area contributed by atoms with E-state index in [1.165, 1.54) is 17.8 Å². The van der Waals surface area contributed by atoms with Crippen molar-refractivity contribution < 1.29 is 9.90 Å². The van der Waals surface area contributed by atoms with Crippen molar-refractivity contribution in [2.75, 3.05) is 0 Å². The summed E-state index contributed by atoms with van der Waals surface area (Å²) in [4.78, 5) is 15.6. The van der Waals surface area contributed by atoms with Gasteiger partial charge in [0.2, 0.25) is 0 Å². The van der Waals surface area contributed by atoms with Gasteiger partial charge in [-0.05, 0) is 25.2 Å². The zero-order valence-electron chi connectivity index (χ0n) is 9.44. The van der Waals surface area contributed by atoms with Crippen molar-refractivity contribution >= 4 is 5.97 Å². The van der Waals surface area contributed by atoms with Gasteiger partial charge in [0, 0.05) is 18.7 Å². The molecule has 0 amide bonds. The molecule has 1 aliphatic carbocycles. The minimum absolute atomic E-state index is 0.259. The average molecular weight is 220 g/mol. The molecule has 86 valence electrons. The highest BCUT2D eigenvalue weighted by Gasteiger charge is 2.33. The molecule has 16 heavy (non-hydrogen) atoms. The van der Waals surface area contributed by atoms with E-state index in [0.717, 1.165) is 18.7 Å². The van der Waals surface area contributed by atoms with E-state index in [9.17, 15) is 4.79 Å². The molecule has 1 N–H and O–H groups in total. The van der Waals surface area contributed by atoms with Crippen LogP contribution in [0, 0.1) is 11.8 Å². The topological polar surface area (TPSA) is 55.1 Å². The van der Waals surface area contributed by atoms with Crippen LogP contribution in [0.15, 0.2) is 0 Å². The average Bonchev–Trinajstić information content (AvgIpc) is 2.75. The Labute approximate surface area is 94.3 Å². The van der Waals surface area contributed by atoms with Crippen molar-refractivity contribution in [1.82, 2.24) is 9.55 Å². The first-order valence-electron chi connectivity index (χ1n) is 5.95. The highest BCUT2D eigenvalue weighted by atomic mass is 16.4. The molecule has 0 spiro atoms. The van der Waals surface area contributed by atoms with Gasteiger partial charge in [-0.3, -0.25) is 4.79 Å². The number of carboxylic acids is 1. The van der Waals surface area contributed by atoms with Crippen LogP contribution >= 0.6 is 0 Å². The van der Waals surface area contributed by atoms with Crippen molar-refractivity contribution in [3.8, 4) is 0 Å². The van der Waals surface area contributed by atoms with E-state index in [0.29, 0.717) is 18.9 Å². The minimum Gasteiger partial charge on any atom is -0.481 e. The van der Waals surface area contributed by atoms with Gasteiger partial charge in [-0.1, -0.05) is 6.92 Å². The van der Waals surface area contributed by atoms with E-state index in [4.69, 9.17) is 5.11 Å². The van der Waals surface area contributed by atoms with E-state index in [1.807, 2.05) is 0 Å². The van der Waals surface area contributed by atoms with E-state index in [1.54, 1.807) is 0 Å². The van der Waals surface area contributed by atoms with Crippen LogP contribution in [-0.2, 0) is 30.6 Å². The Morgan fingerprint density at radius 2 is 2.31 bits per heavy atom. The quantitative estimate of drug-likeness (QED) is 0.775. The van der Waals surface area contributed by atoms with Crippen molar-refractivity contribution in [3.63, 3.8) is 0 Å². The molecule has 0 fully saturated rings. The van der Waals surface area contributed by atoms with Gasteiger partial charge in [-0.15, -0.1) is 0 Å². The van der Waals surface area contributed by atoms with Crippen molar-refractivity contribution in [2.24, 2.45) is 11.8 Å². The Hall–Kier alpha value is -1.32. The number of imidazole rings is 1. The molecule has 4 nitrogen and oxygen atoms in total. The van der Waals surface area contributed by atoms with Crippen molar-refractivity contribution in [3.05, 3.63) is 17.2 Å². The predicted molar refractivity (Wildman–Crippen MR) is 58.2 cm³/mol. The van der Waals surface area contributed by atoms with Crippen LogP contribution in [0.2, 0.25) is 0 Å². The lowest BCUT2D eigenvalue weighted by Crippen LogP contribution is -2.19. The minimum atomic E-state index is -0.692. The number of aromatic nitrogens is 2. The molecule has 2 heterocycles. The van der Waals surface area contributed by atoms with Gasteiger partial charge < -0.3 is 9.67 Å². The van der Waals surface area contributed by atoms with Crippen molar-refractivity contribution in [1.29, 1.82) is 0 Å². The fraction of sp³-hybridized carbons (Fsp3) is 0.667. The Bertz CT molecular complexity index is 450. The maximum atomic E-state index is 11.0. The van der Waals surface area contributed by atoms with Crippen LogP contribution < -0.4 is 0 Å². The Morgan fingerprint density at radius 3 is 3.06 bits per heavy atom. The van der Waals surface area contributed by atoms with Crippen molar-refractivity contribution in [2.45, 2.75) is 39.2 Å². The molecule has 0 saturated carbocycles. The summed E-state index contributed by atoms with van der Waals surface area (Å²) in [5, 5.41) is 9.02. The number of hydrogen-bond donors (Lipinski definition) is 1. The smallest absolute Gasteiger partial charge is 0.308 e. The van der Waals surface area contributed by atoms with Crippen LogP contribution in [0.25, 0.3) is 0 Å². The lowest BCUT2D eigenvalue weighted by atomic mass is 9.91. The number of aryl methyl sites for hydroxylation is 1. The summed E-state index contributed by atoms with van der Waals surface area (Å²) < 4.78 is 2.16. The number of rotatable bonds is 1. The van der Waals surface area contributed by atoms with Crippen LogP contribution in [0.4, 0.5) is 0 Å². The van der Waals surface area contributed by atoms with Gasteiger partial charge in [0.05, 0.1) is 11.6 Å². The van der Waals surface area contributed by atoms with Gasteiger partial charge in [0.15, 0.2) is 0 Å². The second-order valence-corrected chi connectivity index (χ2v) is 5.12. The van der Waals surface area contributed by atoms with Gasteiger partial charge in [0.25, 0.3) is 0 Å². The standard InChI is InChI=1S/C12H16N2O2/c1-7-2-3-9-10(4-7)14-6-8(12(15)16)5-11(14)13-9/h7-8H,2-6H2,1H3,(H,15,16). The SMILES string of the molecule is CC1CCc2nc3n(c2C1)CC(C(=O)O)C3. The molecule has 0 saturated heterocycles. The zero-order chi connectivity index (χ0) is 11.3. The third kappa shape index (κ3) is 1.36. The number of carbonyl (C=O) groups is 1. The molecular weight excluding hydrogens is 204 g/mol. The molecule has 4 heteroatoms. The summed E-state index contributed by atoms with van der Waals surface area (Å²) in [5.41, 5.74) is 2.52. The number of aliphatic carboxylic acids is 1. The Kier molecular flexibility index (Phi) is 2.06. The molecule has 0 radical (unpaired) electrons. The fourth-order valence-electron chi connectivity index (χ4n) is 2.88. The predicted octanol–water partition coefficient (Wildman–Crippen LogP) is 1.26.